The van der Waals surface area contributed by atoms with Crippen molar-refractivity contribution in [1.82, 2.24) is 15.1 Å². The first-order valence-corrected chi connectivity index (χ1v) is 11.4. The van der Waals surface area contributed by atoms with Gasteiger partial charge in [0.15, 0.2) is 0 Å². The minimum atomic E-state index is -0.455. The third-order valence-corrected chi connectivity index (χ3v) is 5.97. The normalized spacial score (nSPS) is 19.9. The number of amides is 3. The zero-order valence-corrected chi connectivity index (χ0v) is 18.9. The first-order chi connectivity index (χ1) is 14.8. The highest BCUT2D eigenvalue weighted by molar-refractivity contribution is 5.82. The molecule has 2 fully saturated rings. The van der Waals surface area contributed by atoms with Crippen LogP contribution >= 0.6 is 0 Å². The summed E-state index contributed by atoms with van der Waals surface area (Å²) in [5.41, 5.74) is 1.99. The molecule has 0 radical (unpaired) electrons. The average molecular weight is 430 g/mol. The van der Waals surface area contributed by atoms with Crippen molar-refractivity contribution in [2.24, 2.45) is 5.92 Å². The molecule has 2 heterocycles. The molecule has 7 nitrogen and oxygen atoms in total. The Balaban J connectivity index is 1.66. The van der Waals surface area contributed by atoms with Crippen molar-refractivity contribution in [3.63, 3.8) is 0 Å². The molecule has 0 unspecified atom stereocenters. The summed E-state index contributed by atoms with van der Waals surface area (Å²) in [5.74, 6) is -0.716. The molecular formula is C24H35N3O4. The van der Waals surface area contributed by atoms with E-state index in [2.05, 4.69) is 5.32 Å². The lowest BCUT2D eigenvalue weighted by Crippen LogP contribution is -2.50. The van der Waals surface area contributed by atoms with Crippen molar-refractivity contribution < 1.29 is 19.1 Å². The van der Waals surface area contributed by atoms with Crippen LogP contribution in [0.4, 0.5) is 4.79 Å². The SMILES string of the molecule is Cc1ccc([C@@H](CC(=O)OC(C)C)NC(=O)[C@@H]2CCCN(C(=O)N3CCCC3)C2)cc1. The van der Waals surface area contributed by atoms with Gasteiger partial charge in [-0.25, -0.2) is 4.79 Å². The van der Waals surface area contributed by atoms with E-state index in [0.29, 0.717) is 13.1 Å². The molecule has 1 aromatic carbocycles. The Kier molecular flexibility index (Phi) is 7.93. The fourth-order valence-corrected chi connectivity index (χ4v) is 4.29. The van der Waals surface area contributed by atoms with Crippen molar-refractivity contribution >= 4 is 17.9 Å². The van der Waals surface area contributed by atoms with Crippen LogP contribution in [0.5, 0.6) is 0 Å². The van der Waals surface area contributed by atoms with E-state index in [9.17, 15) is 14.4 Å². The summed E-state index contributed by atoms with van der Waals surface area (Å²) in [5, 5.41) is 3.06. The molecule has 31 heavy (non-hydrogen) atoms. The number of benzene rings is 1. The first kappa shape index (κ1) is 23.1. The quantitative estimate of drug-likeness (QED) is 0.703. The fourth-order valence-electron chi connectivity index (χ4n) is 4.29. The van der Waals surface area contributed by atoms with Crippen LogP contribution in [-0.2, 0) is 14.3 Å². The number of nitrogens with zero attached hydrogens (tertiary/aromatic N) is 2. The number of carbonyl (C=O) groups excluding carboxylic acids is 3. The fraction of sp³-hybridized carbons (Fsp3) is 0.625. The molecule has 0 spiro atoms. The van der Waals surface area contributed by atoms with Crippen LogP contribution in [0.1, 0.15) is 63.1 Å². The van der Waals surface area contributed by atoms with Crippen LogP contribution in [-0.4, -0.2) is 60.0 Å². The van der Waals surface area contributed by atoms with Gasteiger partial charge in [-0.05, 0) is 52.0 Å². The molecule has 1 aromatic rings. The van der Waals surface area contributed by atoms with Gasteiger partial charge in [0, 0.05) is 26.2 Å². The maximum Gasteiger partial charge on any atom is 0.320 e. The third kappa shape index (κ3) is 6.45. The Labute approximate surface area is 185 Å². The molecule has 0 saturated carbocycles. The van der Waals surface area contributed by atoms with Crippen LogP contribution in [0.2, 0.25) is 0 Å². The number of esters is 1. The average Bonchev–Trinajstić information content (AvgIpc) is 3.27. The van der Waals surface area contributed by atoms with Gasteiger partial charge >= 0.3 is 12.0 Å². The van der Waals surface area contributed by atoms with Gasteiger partial charge in [0.2, 0.25) is 5.91 Å². The summed E-state index contributed by atoms with van der Waals surface area (Å²) >= 11 is 0. The highest BCUT2D eigenvalue weighted by Crippen LogP contribution is 2.23. The minimum absolute atomic E-state index is 0.0468. The molecule has 0 bridgehead atoms. The number of carbonyl (C=O) groups is 3. The third-order valence-electron chi connectivity index (χ3n) is 5.97. The minimum Gasteiger partial charge on any atom is -0.463 e. The molecule has 2 atom stereocenters. The van der Waals surface area contributed by atoms with E-state index in [-0.39, 0.29) is 36.4 Å². The van der Waals surface area contributed by atoms with E-state index in [0.717, 1.165) is 49.9 Å². The summed E-state index contributed by atoms with van der Waals surface area (Å²) in [6, 6.07) is 7.41. The number of urea groups is 1. The van der Waals surface area contributed by atoms with Gasteiger partial charge < -0.3 is 19.9 Å². The number of aryl methyl sites for hydroxylation is 1. The Morgan fingerprint density at radius 1 is 1.03 bits per heavy atom. The van der Waals surface area contributed by atoms with Crippen molar-refractivity contribution in [3.05, 3.63) is 35.4 Å². The lowest BCUT2D eigenvalue weighted by molar-refractivity contribution is -0.148. The molecular weight excluding hydrogens is 394 g/mol. The van der Waals surface area contributed by atoms with Gasteiger partial charge in [-0.3, -0.25) is 9.59 Å². The summed E-state index contributed by atoms with van der Waals surface area (Å²) in [6.45, 7) is 8.36. The number of hydrogen-bond donors (Lipinski definition) is 1. The Hall–Kier alpha value is -2.57. The maximum absolute atomic E-state index is 13.1. The van der Waals surface area contributed by atoms with E-state index < -0.39 is 6.04 Å². The van der Waals surface area contributed by atoms with E-state index >= 15 is 0 Å². The van der Waals surface area contributed by atoms with E-state index in [1.165, 1.54) is 0 Å². The Morgan fingerprint density at radius 3 is 2.32 bits per heavy atom. The molecule has 3 amide bonds. The van der Waals surface area contributed by atoms with Crippen LogP contribution < -0.4 is 5.32 Å². The first-order valence-electron chi connectivity index (χ1n) is 11.4. The molecule has 3 rings (SSSR count). The zero-order chi connectivity index (χ0) is 22.4. The van der Waals surface area contributed by atoms with Gasteiger partial charge in [-0.15, -0.1) is 0 Å². The van der Waals surface area contributed by atoms with Crippen molar-refractivity contribution in [2.75, 3.05) is 26.2 Å². The Morgan fingerprint density at radius 2 is 1.68 bits per heavy atom. The maximum atomic E-state index is 13.1. The largest absolute Gasteiger partial charge is 0.463 e. The number of ether oxygens (including phenoxy) is 1. The van der Waals surface area contributed by atoms with Crippen molar-refractivity contribution in [2.45, 2.75) is 65.0 Å². The summed E-state index contributed by atoms with van der Waals surface area (Å²) in [7, 11) is 0. The molecule has 7 heteroatoms. The monoisotopic (exact) mass is 429 g/mol. The molecule has 0 aliphatic carbocycles. The predicted molar refractivity (Wildman–Crippen MR) is 118 cm³/mol. The summed E-state index contributed by atoms with van der Waals surface area (Å²) in [6.07, 6.45) is 3.53. The van der Waals surface area contributed by atoms with Gasteiger partial charge in [0.25, 0.3) is 0 Å². The van der Waals surface area contributed by atoms with Gasteiger partial charge in [0.05, 0.1) is 24.5 Å². The number of hydrogen-bond acceptors (Lipinski definition) is 4. The van der Waals surface area contributed by atoms with E-state index in [4.69, 9.17) is 4.74 Å². The second-order valence-electron chi connectivity index (χ2n) is 8.98. The summed E-state index contributed by atoms with van der Waals surface area (Å²) in [4.78, 5) is 41.9. The van der Waals surface area contributed by atoms with Crippen LogP contribution in [0.25, 0.3) is 0 Å². The van der Waals surface area contributed by atoms with Crippen molar-refractivity contribution in [3.8, 4) is 0 Å². The van der Waals surface area contributed by atoms with Crippen LogP contribution in [0, 0.1) is 12.8 Å². The van der Waals surface area contributed by atoms with E-state index in [1.807, 2.05) is 54.8 Å². The molecule has 2 aliphatic rings. The van der Waals surface area contributed by atoms with Gasteiger partial charge in [-0.1, -0.05) is 29.8 Å². The summed E-state index contributed by atoms with van der Waals surface area (Å²) < 4.78 is 5.31. The number of piperidine rings is 1. The van der Waals surface area contributed by atoms with Crippen molar-refractivity contribution in [1.29, 1.82) is 0 Å². The topological polar surface area (TPSA) is 79.0 Å². The standard InChI is InChI=1S/C24H35N3O4/c1-17(2)31-22(28)15-21(19-10-8-18(3)9-11-19)25-23(29)20-7-6-14-27(16-20)24(30)26-12-4-5-13-26/h8-11,17,20-21H,4-7,12-16H2,1-3H3,(H,25,29)/t20-,21-/m1/s1. The zero-order valence-electron chi connectivity index (χ0n) is 18.9. The smallest absolute Gasteiger partial charge is 0.320 e. The van der Waals surface area contributed by atoms with Gasteiger partial charge in [0.1, 0.15) is 0 Å². The number of nitrogens with one attached hydrogen (secondary N) is 1. The highest BCUT2D eigenvalue weighted by atomic mass is 16.5. The molecule has 2 saturated heterocycles. The molecule has 2 aliphatic heterocycles. The van der Waals surface area contributed by atoms with Crippen LogP contribution in [0.15, 0.2) is 24.3 Å². The lowest BCUT2D eigenvalue weighted by atomic mass is 9.95. The van der Waals surface area contributed by atoms with Crippen LogP contribution in [0.3, 0.4) is 0 Å². The Bertz CT molecular complexity index is 772. The number of likely N-dealkylation sites (tertiary alicyclic amines) is 2. The predicted octanol–water partition coefficient (Wildman–Crippen LogP) is 3.42. The molecule has 0 aromatic heterocycles. The number of rotatable bonds is 6. The second-order valence-corrected chi connectivity index (χ2v) is 8.98. The molecule has 170 valence electrons. The molecule has 1 N–H and O–H groups in total. The lowest BCUT2D eigenvalue weighted by Gasteiger charge is -2.35. The second kappa shape index (κ2) is 10.6. The van der Waals surface area contributed by atoms with E-state index in [1.54, 1.807) is 0 Å². The van der Waals surface area contributed by atoms with Gasteiger partial charge in [-0.2, -0.15) is 0 Å². The highest BCUT2D eigenvalue weighted by Gasteiger charge is 2.32.